The summed E-state index contributed by atoms with van der Waals surface area (Å²) < 4.78 is 39.3. The molecule has 3 rings (SSSR count). The molecule has 0 spiro atoms. The van der Waals surface area contributed by atoms with Gasteiger partial charge in [-0.25, -0.2) is 8.42 Å². The van der Waals surface area contributed by atoms with Crippen LogP contribution in [-0.2, 0) is 27.6 Å². The van der Waals surface area contributed by atoms with Gasteiger partial charge in [-0.3, -0.25) is 0 Å². The largest absolute Gasteiger partial charge is 0.492 e. The number of hydrogen-bond donors (Lipinski definition) is 0. The van der Waals surface area contributed by atoms with Crippen LogP contribution in [0.2, 0.25) is 0 Å². The van der Waals surface area contributed by atoms with Crippen LogP contribution >= 0.6 is 10.7 Å². The Labute approximate surface area is 115 Å². The van der Waals surface area contributed by atoms with Gasteiger partial charge in [0, 0.05) is 40.2 Å². The van der Waals surface area contributed by atoms with Gasteiger partial charge < -0.3 is 14.2 Å². The van der Waals surface area contributed by atoms with Gasteiger partial charge in [0.15, 0.2) is 11.5 Å². The molecular formula is C12H13ClO5S. The summed E-state index contributed by atoms with van der Waals surface area (Å²) >= 11 is 0. The molecule has 0 aromatic heterocycles. The Balaban J connectivity index is 2.25. The van der Waals surface area contributed by atoms with Gasteiger partial charge in [-0.1, -0.05) is 0 Å². The van der Waals surface area contributed by atoms with Crippen molar-refractivity contribution in [3.05, 3.63) is 16.7 Å². The second-order valence-electron chi connectivity index (χ2n) is 4.51. The van der Waals surface area contributed by atoms with Gasteiger partial charge in [0.05, 0.1) is 26.1 Å². The molecule has 2 heterocycles. The van der Waals surface area contributed by atoms with Crippen molar-refractivity contribution in [2.45, 2.75) is 18.6 Å². The molecule has 0 amide bonds. The first-order valence-electron chi connectivity index (χ1n) is 5.93. The fraction of sp³-hybridized carbons (Fsp3) is 0.500. The second kappa shape index (κ2) is 4.45. The Morgan fingerprint density at radius 1 is 1.16 bits per heavy atom. The maximum atomic E-state index is 11.4. The Hall–Kier alpha value is -1.14. The molecule has 19 heavy (non-hydrogen) atoms. The average molecular weight is 305 g/mol. The van der Waals surface area contributed by atoms with E-state index in [0.717, 1.165) is 11.1 Å². The minimum Gasteiger partial charge on any atom is -0.492 e. The smallest absolute Gasteiger partial charge is 0.236 e. The maximum absolute atomic E-state index is 11.4. The van der Waals surface area contributed by atoms with E-state index in [9.17, 15) is 8.42 Å². The molecule has 0 saturated carbocycles. The quantitative estimate of drug-likeness (QED) is 0.794. The molecule has 0 bridgehead atoms. The third-order valence-corrected chi connectivity index (χ3v) is 4.35. The summed E-state index contributed by atoms with van der Waals surface area (Å²) in [6, 6.07) is 0. The van der Waals surface area contributed by atoms with Crippen molar-refractivity contribution < 1.29 is 22.6 Å². The normalized spacial score (nSPS) is 16.5. The predicted molar refractivity (Wildman–Crippen MR) is 69.9 cm³/mol. The summed E-state index contributed by atoms with van der Waals surface area (Å²) in [6.45, 7) is 1.04. The molecule has 1 aromatic rings. The molecule has 0 radical (unpaired) electrons. The zero-order chi connectivity index (χ0) is 13.6. The van der Waals surface area contributed by atoms with Crippen LogP contribution in [0.4, 0.5) is 0 Å². The van der Waals surface area contributed by atoms with Gasteiger partial charge in [0.1, 0.15) is 5.75 Å². The van der Waals surface area contributed by atoms with Gasteiger partial charge in [0.2, 0.25) is 9.05 Å². The van der Waals surface area contributed by atoms with Crippen molar-refractivity contribution in [1.82, 2.24) is 0 Å². The zero-order valence-electron chi connectivity index (χ0n) is 10.4. The Bertz CT molecular complexity index is 603. The van der Waals surface area contributed by atoms with E-state index in [1.165, 1.54) is 0 Å². The van der Waals surface area contributed by atoms with Crippen molar-refractivity contribution in [3.8, 4) is 17.2 Å². The van der Waals surface area contributed by atoms with Gasteiger partial charge in [0.25, 0.3) is 0 Å². The second-order valence-corrected chi connectivity index (χ2v) is 7.28. The topological polar surface area (TPSA) is 61.8 Å². The van der Waals surface area contributed by atoms with Crippen molar-refractivity contribution in [2.24, 2.45) is 0 Å². The van der Waals surface area contributed by atoms with E-state index in [-0.39, 0.29) is 5.75 Å². The molecule has 0 N–H and O–H groups in total. The maximum Gasteiger partial charge on any atom is 0.236 e. The highest BCUT2D eigenvalue weighted by Gasteiger charge is 2.33. The van der Waals surface area contributed by atoms with E-state index < -0.39 is 9.05 Å². The first kappa shape index (κ1) is 12.9. The highest BCUT2D eigenvalue weighted by molar-refractivity contribution is 8.13. The highest BCUT2D eigenvalue weighted by Crippen LogP contribution is 2.49. The van der Waals surface area contributed by atoms with Gasteiger partial charge in [-0.15, -0.1) is 0 Å². The Morgan fingerprint density at radius 3 is 2.42 bits per heavy atom. The molecule has 2 aliphatic heterocycles. The van der Waals surface area contributed by atoms with Gasteiger partial charge in [-0.2, -0.15) is 0 Å². The Morgan fingerprint density at radius 2 is 1.79 bits per heavy atom. The van der Waals surface area contributed by atoms with Crippen molar-refractivity contribution in [3.63, 3.8) is 0 Å². The summed E-state index contributed by atoms with van der Waals surface area (Å²) in [5.41, 5.74) is 2.33. The predicted octanol–water partition coefficient (Wildman–Crippen LogP) is 1.63. The number of methoxy groups -OCH3 is 1. The summed E-state index contributed by atoms with van der Waals surface area (Å²) in [6.07, 6.45) is 1.33. The van der Waals surface area contributed by atoms with E-state index in [1.807, 2.05) is 0 Å². The molecule has 0 saturated heterocycles. The average Bonchev–Trinajstić information content (AvgIpc) is 2.94. The van der Waals surface area contributed by atoms with Gasteiger partial charge >= 0.3 is 0 Å². The monoisotopic (exact) mass is 304 g/mol. The van der Waals surface area contributed by atoms with Gasteiger partial charge in [-0.05, 0) is 0 Å². The lowest BCUT2D eigenvalue weighted by atomic mass is 9.99. The summed E-state index contributed by atoms with van der Waals surface area (Å²) in [7, 11) is 3.32. The first-order valence-corrected chi connectivity index (χ1v) is 8.41. The number of ether oxygens (including phenoxy) is 3. The standard InChI is InChI=1S/C12H13ClO5S/c1-16-11-8-3-5-17-10(8)9(6-19(13,14)15)7-2-4-18-12(7)11/h2-6H2,1H3. The summed E-state index contributed by atoms with van der Waals surface area (Å²) in [4.78, 5) is 0. The van der Waals surface area contributed by atoms with E-state index in [0.29, 0.717) is 48.9 Å². The first-order chi connectivity index (χ1) is 9.01. The van der Waals surface area contributed by atoms with Crippen molar-refractivity contribution >= 4 is 19.7 Å². The van der Waals surface area contributed by atoms with Crippen molar-refractivity contribution in [1.29, 1.82) is 0 Å². The number of rotatable bonds is 3. The lowest BCUT2D eigenvalue weighted by Crippen LogP contribution is -2.03. The third-order valence-electron chi connectivity index (χ3n) is 3.38. The lowest BCUT2D eigenvalue weighted by Gasteiger charge is -2.15. The Kier molecular flexibility index (Phi) is 3.02. The molecule has 0 atom stereocenters. The zero-order valence-corrected chi connectivity index (χ0v) is 11.9. The molecular weight excluding hydrogens is 292 g/mol. The molecule has 0 unspecified atom stereocenters. The van der Waals surface area contributed by atoms with Crippen LogP contribution in [0.5, 0.6) is 17.2 Å². The minimum absolute atomic E-state index is 0.243. The molecule has 1 aromatic carbocycles. The minimum atomic E-state index is -3.64. The fourth-order valence-electron chi connectivity index (χ4n) is 2.70. The lowest BCUT2D eigenvalue weighted by molar-refractivity contribution is 0.324. The van der Waals surface area contributed by atoms with E-state index in [2.05, 4.69) is 0 Å². The number of benzene rings is 1. The summed E-state index contributed by atoms with van der Waals surface area (Å²) in [5.74, 6) is 1.66. The van der Waals surface area contributed by atoms with Crippen LogP contribution in [0.3, 0.4) is 0 Å². The van der Waals surface area contributed by atoms with Crippen LogP contribution < -0.4 is 14.2 Å². The highest BCUT2D eigenvalue weighted by atomic mass is 35.7. The van der Waals surface area contributed by atoms with Crippen LogP contribution in [-0.4, -0.2) is 28.7 Å². The van der Waals surface area contributed by atoms with Crippen LogP contribution in [0.15, 0.2) is 0 Å². The molecule has 0 fully saturated rings. The van der Waals surface area contributed by atoms with Crippen LogP contribution in [0.25, 0.3) is 0 Å². The number of halogens is 1. The molecule has 7 heteroatoms. The molecule has 5 nitrogen and oxygen atoms in total. The van der Waals surface area contributed by atoms with Crippen LogP contribution in [0, 0.1) is 0 Å². The van der Waals surface area contributed by atoms with E-state index >= 15 is 0 Å². The molecule has 104 valence electrons. The fourth-order valence-corrected chi connectivity index (χ4v) is 3.68. The third kappa shape index (κ3) is 2.12. The van der Waals surface area contributed by atoms with E-state index in [4.69, 9.17) is 24.9 Å². The number of fused-ring (bicyclic) bond motifs is 2. The van der Waals surface area contributed by atoms with Crippen LogP contribution in [0.1, 0.15) is 16.7 Å². The van der Waals surface area contributed by atoms with Crippen molar-refractivity contribution in [2.75, 3.05) is 20.3 Å². The summed E-state index contributed by atoms with van der Waals surface area (Å²) in [5, 5.41) is 0. The van der Waals surface area contributed by atoms with E-state index in [1.54, 1.807) is 7.11 Å². The molecule has 0 aliphatic carbocycles. The number of hydrogen-bond acceptors (Lipinski definition) is 5. The molecule has 2 aliphatic rings. The SMILES string of the molecule is COc1c2c(c(CS(=O)(=O)Cl)c3c1OCC3)OCC2.